The fraction of sp³-hybridized carbons (Fsp3) is 0.810. The topological polar surface area (TPSA) is 32.3 Å². The Morgan fingerprint density at radius 3 is 2.30 bits per heavy atom. The minimum absolute atomic E-state index is 0.0855. The van der Waals surface area contributed by atoms with Gasteiger partial charge in [0.25, 0.3) is 0 Å². The molecular weight excluding hydrogens is 282 g/mol. The standard InChI is InChI=1S/C21H39NO/c1-7-18(23)13-11-9-8-10-12-14-19-16(4)21(22-6)17(5)20(19)15(2)3/h15,18-20,22-23H,4,7-14H2,1-3,5-6H3. The fourth-order valence-electron chi connectivity index (χ4n) is 4.28. The molecule has 0 fully saturated rings. The van der Waals surface area contributed by atoms with Gasteiger partial charge in [-0.15, -0.1) is 0 Å². The van der Waals surface area contributed by atoms with Crippen LogP contribution in [0.25, 0.3) is 0 Å². The van der Waals surface area contributed by atoms with Gasteiger partial charge in [-0.05, 0) is 55.1 Å². The van der Waals surface area contributed by atoms with E-state index in [0.29, 0.717) is 17.8 Å². The first kappa shape index (κ1) is 20.3. The van der Waals surface area contributed by atoms with Crippen molar-refractivity contribution in [2.45, 2.75) is 85.2 Å². The molecule has 2 N–H and O–H groups in total. The number of hydrogen-bond donors (Lipinski definition) is 2. The largest absolute Gasteiger partial charge is 0.393 e. The summed E-state index contributed by atoms with van der Waals surface area (Å²) >= 11 is 0. The summed E-state index contributed by atoms with van der Waals surface area (Å²) in [5.41, 5.74) is 4.14. The first-order valence-electron chi connectivity index (χ1n) is 9.69. The molecule has 2 heteroatoms. The van der Waals surface area contributed by atoms with Crippen molar-refractivity contribution in [2.24, 2.45) is 17.8 Å². The molecule has 0 saturated heterocycles. The van der Waals surface area contributed by atoms with Crippen LogP contribution in [0.4, 0.5) is 0 Å². The number of hydrogen-bond acceptors (Lipinski definition) is 2. The number of aliphatic hydroxyl groups excluding tert-OH is 1. The zero-order chi connectivity index (χ0) is 17.4. The van der Waals surface area contributed by atoms with E-state index in [1.807, 2.05) is 7.05 Å². The van der Waals surface area contributed by atoms with Crippen molar-refractivity contribution >= 4 is 0 Å². The molecule has 2 nitrogen and oxygen atoms in total. The zero-order valence-corrected chi connectivity index (χ0v) is 16.1. The molecule has 0 aromatic rings. The van der Waals surface area contributed by atoms with Gasteiger partial charge in [-0.3, -0.25) is 0 Å². The smallest absolute Gasteiger partial charge is 0.0537 e. The van der Waals surface area contributed by atoms with Crippen molar-refractivity contribution < 1.29 is 5.11 Å². The minimum Gasteiger partial charge on any atom is -0.393 e. The van der Waals surface area contributed by atoms with Crippen molar-refractivity contribution in [3.8, 4) is 0 Å². The molecule has 0 heterocycles. The molecule has 0 aliphatic heterocycles. The predicted octanol–water partition coefficient (Wildman–Crippen LogP) is 5.44. The number of likely N-dealkylation sites (N-methyl/N-ethyl adjacent to an activating group) is 1. The van der Waals surface area contributed by atoms with Crippen LogP contribution >= 0.6 is 0 Å². The summed E-state index contributed by atoms with van der Waals surface area (Å²) in [4.78, 5) is 0. The highest BCUT2D eigenvalue weighted by molar-refractivity contribution is 5.42. The van der Waals surface area contributed by atoms with Crippen molar-refractivity contribution in [3.05, 3.63) is 23.4 Å². The van der Waals surface area contributed by atoms with Crippen LogP contribution in [0.1, 0.15) is 79.1 Å². The highest BCUT2D eigenvalue weighted by Crippen LogP contribution is 2.45. The van der Waals surface area contributed by atoms with E-state index >= 15 is 0 Å². The summed E-state index contributed by atoms with van der Waals surface area (Å²) in [6.07, 6.45) is 9.38. The van der Waals surface area contributed by atoms with Crippen molar-refractivity contribution in [1.82, 2.24) is 5.32 Å². The molecule has 0 amide bonds. The van der Waals surface area contributed by atoms with E-state index in [1.54, 1.807) is 0 Å². The van der Waals surface area contributed by atoms with Gasteiger partial charge in [0.05, 0.1) is 6.10 Å². The summed E-state index contributed by atoms with van der Waals surface area (Å²) in [7, 11) is 2.02. The fourth-order valence-corrected chi connectivity index (χ4v) is 4.28. The highest BCUT2D eigenvalue weighted by Gasteiger charge is 2.36. The van der Waals surface area contributed by atoms with Gasteiger partial charge in [-0.2, -0.15) is 0 Å². The van der Waals surface area contributed by atoms with Crippen LogP contribution in [-0.4, -0.2) is 18.3 Å². The van der Waals surface area contributed by atoms with Gasteiger partial charge >= 0.3 is 0 Å². The summed E-state index contributed by atoms with van der Waals surface area (Å²) in [6, 6.07) is 0. The van der Waals surface area contributed by atoms with Gasteiger partial charge in [0.15, 0.2) is 0 Å². The van der Waals surface area contributed by atoms with Gasteiger partial charge in [0.2, 0.25) is 0 Å². The van der Waals surface area contributed by atoms with Gasteiger partial charge in [-0.1, -0.05) is 59.5 Å². The predicted molar refractivity (Wildman–Crippen MR) is 101 cm³/mol. The number of allylic oxidation sites excluding steroid dienone is 2. The van der Waals surface area contributed by atoms with E-state index in [4.69, 9.17) is 0 Å². The van der Waals surface area contributed by atoms with Gasteiger partial charge < -0.3 is 10.4 Å². The van der Waals surface area contributed by atoms with E-state index in [1.165, 1.54) is 55.4 Å². The van der Waals surface area contributed by atoms with Gasteiger partial charge in [-0.25, -0.2) is 0 Å². The third kappa shape index (κ3) is 5.67. The molecule has 23 heavy (non-hydrogen) atoms. The third-order valence-corrected chi connectivity index (χ3v) is 5.59. The van der Waals surface area contributed by atoms with Crippen LogP contribution in [0, 0.1) is 17.8 Å². The minimum atomic E-state index is -0.0855. The summed E-state index contributed by atoms with van der Waals surface area (Å²) in [5.74, 6) is 1.96. The SMILES string of the molecule is C=C1C(NC)=C(C)C(C(C)C)C1CCCCCCCC(O)CC. The lowest BCUT2D eigenvalue weighted by molar-refractivity contribution is 0.156. The van der Waals surface area contributed by atoms with Crippen LogP contribution in [0.3, 0.4) is 0 Å². The summed E-state index contributed by atoms with van der Waals surface area (Å²) in [6.45, 7) is 13.4. The lowest BCUT2D eigenvalue weighted by atomic mass is 9.79. The van der Waals surface area contributed by atoms with E-state index < -0.39 is 0 Å². The third-order valence-electron chi connectivity index (χ3n) is 5.59. The lowest BCUT2D eigenvalue weighted by Crippen LogP contribution is -2.18. The number of unbranched alkanes of at least 4 members (excludes halogenated alkanes) is 4. The molecular formula is C21H39NO. The Labute approximate surface area is 144 Å². The van der Waals surface area contributed by atoms with E-state index in [0.717, 1.165) is 12.8 Å². The van der Waals surface area contributed by atoms with Crippen LogP contribution in [0.15, 0.2) is 23.4 Å². The highest BCUT2D eigenvalue weighted by atomic mass is 16.3. The Balaban J connectivity index is 2.33. The van der Waals surface area contributed by atoms with Crippen LogP contribution < -0.4 is 5.32 Å². The van der Waals surface area contributed by atoms with Crippen LogP contribution in [-0.2, 0) is 0 Å². The summed E-state index contributed by atoms with van der Waals surface area (Å²) < 4.78 is 0. The van der Waals surface area contributed by atoms with Crippen LogP contribution in [0.2, 0.25) is 0 Å². The van der Waals surface area contributed by atoms with Crippen LogP contribution in [0.5, 0.6) is 0 Å². The molecule has 1 aliphatic carbocycles. The Bertz CT molecular complexity index is 397. The molecule has 0 radical (unpaired) electrons. The molecule has 0 aromatic carbocycles. The van der Waals surface area contributed by atoms with Crippen molar-refractivity contribution in [3.63, 3.8) is 0 Å². The number of rotatable bonds is 11. The van der Waals surface area contributed by atoms with Gasteiger partial charge in [0, 0.05) is 12.7 Å². The zero-order valence-electron chi connectivity index (χ0n) is 16.1. The number of aliphatic hydroxyl groups is 1. The first-order valence-corrected chi connectivity index (χ1v) is 9.69. The second kappa shape index (κ2) is 10.2. The normalized spacial score (nSPS) is 23.0. The van der Waals surface area contributed by atoms with E-state index in [-0.39, 0.29) is 6.10 Å². The molecule has 0 bridgehead atoms. The Kier molecular flexibility index (Phi) is 8.98. The molecule has 134 valence electrons. The quantitative estimate of drug-likeness (QED) is 0.497. The van der Waals surface area contributed by atoms with E-state index in [2.05, 4.69) is 39.6 Å². The Hall–Kier alpha value is -0.760. The second-order valence-electron chi connectivity index (χ2n) is 7.62. The molecule has 3 unspecified atom stereocenters. The average molecular weight is 322 g/mol. The maximum Gasteiger partial charge on any atom is 0.0537 e. The average Bonchev–Trinajstić information content (AvgIpc) is 2.76. The Morgan fingerprint density at radius 1 is 1.13 bits per heavy atom. The molecule has 0 spiro atoms. The number of nitrogens with one attached hydrogen (secondary N) is 1. The second-order valence-corrected chi connectivity index (χ2v) is 7.62. The monoisotopic (exact) mass is 321 g/mol. The van der Waals surface area contributed by atoms with E-state index in [9.17, 15) is 5.11 Å². The molecule has 1 rings (SSSR count). The molecule has 0 aromatic heterocycles. The molecule has 1 aliphatic rings. The first-order chi connectivity index (χ1) is 10.9. The molecule has 3 atom stereocenters. The van der Waals surface area contributed by atoms with Gasteiger partial charge in [0.1, 0.15) is 0 Å². The van der Waals surface area contributed by atoms with Crippen molar-refractivity contribution in [1.29, 1.82) is 0 Å². The molecule has 0 saturated carbocycles. The Morgan fingerprint density at radius 2 is 1.74 bits per heavy atom. The van der Waals surface area contributed by atoms with Crippen molar-refractivity contribution in [2.75, 3.05) is 7.05 Å². The lowest BCUT2D eigenvalue weighted by Gasteiger charge is -2.25. The summed E-state index contributed by atoms with van der Waals surface area (Å²) in [5, 5.41) is 12.9. The maximum atomic E-state index is 9.57. The maximum absolute atomic E-state index is 9.57.